The van der Waals surface area contributed by atoms with Gasteiger partial charge in [0.25, 0.3) is 0 Å². The normalized spacial score (nSPS) is 13.1. The van der Waals surface area contributed by atoms with Crippen molar-refractivity contribution in [3.8, 4) is 0 Å². The summed E-state index contributed by atoms with van der Waals surface area (Å²) in [6.07, 6.45) is 6.87. The highest BCUT2D eigenvalue weighted by atomic mass is 35.5. The molecule has 0 fully saturated rings. The van der Waals surface area contributed by atoms with Crippen molar-refractivity contribution in [2.45, 2.75) is 41.5 Å². The summed E-state index contributed by atoms with van der Waals surface area (Å²) in [5.74, 6) is 0. The Labute approximate surface area is 152 Å². The average molecular weight is 337 g/mol. The SMILES string of the molecule is Cc1cc(C)c(C2=C[CH+]C(c3c(C)cc(C)cc3C)=C2)c(C)c1.[Cl-]. The Hall–Kier alpha value is -1.92. The molecule has 0 saturated heterocycles. The van der Waals surface area contributed by atoms with Crippen molar-refractivity contribution in [3.63, 3.8) is 0 Å². The highest BCUT2D eigenvalue weighted by molar-refractivity contribution is 5.96. The maximum absolute atomic E-state index is 2.34. The molecule has 124 valence electrons. The zero-order valence-electron chi connectivity index (χ0n) is 15.4. The molecule has 0 heterocycles. The van der Waals surface area contributed by atoms with E-state index in [1.165, 1.54) is 55.7 Å². The molecular formula is C23H25Cl. The van der Waals surface area contributed by atoms with Crippen LogP contribution in [-0.2, 0) is 0 Å². The molecule has 24 heavy (non-hydrogen) atoms. The third kappa shape index (κ3) is 3.30. The van der Waals surface area contributed by atoms with Gasteiger partial charge in [-0.05, 0) is 81.5 Å². The van der Waals surface area contributed by atoms with Crippen LogP contribution < -0.4 is 12.4 Å². The van der Waals surface area contributed by atoms with Gasteiger partial charge in [-0.2, -0.15) is 0 Å². The van der Waals surface area contributed by atoms with Gasteiger partial charge >= 0.3 is 0 Å². The van der Waals surface area contributed by atoms with Crippen LogP contribution in [0.25, 0.3) is 11.1 Å². The van der Waals surface area contributed by atoms with E-state index in [9.17, 15) is 0 Å². The van der Waals surface area contributed by atoms with Gasteiger partial charge in [-0.1, -0.05) is 17.7 Å². The predicted molar refractivity (Wildman–Crippen MR) is 102 cm³/mol. The molecule has 0 radical (unpaired) electrons. The predicted octanol–water partition coefficient (Wildman–Crippen LogP) is 3.23. The van der Waals surface area contributed by atoms with Crippen LogP contribution in [0.1, 0.15) is 44.5 Å². The molecule has 0 bridgehead atoms. The smallest absolute Gasteiger partial charge is 0.114 e. The van der Waals surface area contributed by atoms with E-state index in [1.54, 1.807) is 0 Å². The molecular weight excluding hydrogens is 312 g/mol. The molecule has 0 aromatic heterocycles. The lowest BCUT2D eigenvalue weighted by Gasteiger charge is -2.08. The van der Waals surface area contributed by atoms with Gasteiger partial charge in [0.15, 0.2) is 0 Å². The van der Waals surface area contributed by atoms with Crippen molar-refractivity contribution >= 4 is 11.1 Å². The zero-order valence-corrected chi connectivity index (χ0v) is 16.2. The molecule has 0 spiro atoms. The fraction of sp³-hybridized carbons (Fsp3) is 0.261. The topological polar surface area (TPSA) is 0 Å². The van der Waals surface area contributed by atoms with Crippen LogP contribution in [0.3, 0.4) is 0 Å². The summed E-state index contributed by atoms with van der Waals surface area (Å²) in [5, 5.41) is 0. The van der Waals surface area contributed by atoms with E-state index in [4.69, 9.17) is 0 Å². The lowest BCUT2D eigenvalue weighted by molar-refractivity contribution is -0.00000500. The van der Waals surface area contributed by atoms with E-state index in [0.717, 1.165) is 0 Å². The van der Waals surface area contributed by atoms with E-state index in [0.29, 0.717) is 0 Å². The number of aryl methyl sites for hydroxylation is 6. The lowest BCUT2D eigenvalue weighted by atomic mass is 9.92. The minimum absolute atomic E-state index is 0. The molecule has 0 nitrogen and oxygen atoms in total. The fourth-order valence-corrected chi connectivity index (χ4v) is 4.03. The van der Waals surface area contributed by atoms with Crippen molar-refractivity contribution in [1.29, 1.82) is 0 Å². The van der Waals surface area contributed by atoms with Crippen LogP contribution in [0, 0.1) is 48.0 Å². The summed E-state index contributed by atoms with van der Waals surface area (Å²) in [6, 6.07) is 9.10. The molecule has 0 saturated carbocycles. The van der Waals surface area contributed by atoms with Crippen LogP contribution >= 0.6 is 0 Å². The molecule has 0 aliphatic heterocycles. The Kier molecular flexibility index (Phi) is 5.30. The monoisotopic (exact) mass is 336 g/mol. The second-order valence-electron chi connectivity index (χ2n) is 6.94. The van der Waals surface area contributed by atoms with Crippen LogP contribution in [0.4, 0.5) is 0 Å². The Morgan fingerprint density at radius 3 is 1.50 bits per heavy atom. The van der Waals surface area contributed by atoms with E-state index in [2.05, 4.69) is 84.4 Å². The minimum Gasteiger partial charge on any atom is -1.00 e. The highest BCUT2D eigenvalue weighted by Crippen LogP contribution is 2.37. The molecule has 2 aromatic rings. The number of hydrogen-bond acceptors (Lipinski definition) is 0. The molecule has 1 aliphatic carbocycles. The van der Waals surface area contributed by atoms with Gasteiger partial charge < -0.3 is 12.4 Å². The largest absolute Gasteiger partial charge is 1.00 e. The number of hydrogen-bond donors (Lipinski definition) is 0. The summed E-state index contributed by atoms with van der Waals surface area (Å²) in [7, 11) is 0. The van der Waals surface area contributed by atoms with Gasteiger partial charge in [0, 0.05) is 18.1 Å². The van der Waals surface area contributed by atoms with Crippen molar-refractivity contribution in [1.82, 2.24) is 0 Å². The van der Waals surface area contributed by atoms with Gasteiger partial charge in [-0.25, -0.2) is 0 Å². The zero-order chi connectivity index (χ0) is 16.7. The lowest BCUT2D eigenvalue weighted by Crippen LogP contribution is -3.00. The Bertz CT molecular complexity index is 804. The van der Waals surface area contributed by atoms with Crippen LogP contribution in [0.2, 0.25) is 0 Å². The molecule has 0 N–H and O–H groups in total. The Morgan fingerprint density at radius 2 is 1.04 bits per heavy atom. The Morgan fingerprint density at radius 1 is 0.625 bits per heavy atom. The van der Waals surface area contributed by atoms with Crippen LogP contribution in [-0.4, -0.2) is 0 Å². The summed E-state index contributed by atoms with van der Waals surface area (Å²) in [6.45, 7) is 13.2. The summed E-state index contributed by atoms with van der Waals surface area (Å²) >= 11 is 0. The van der Waals surface area contributed by atoms with Gasteiger partial charge in [-0.15, -0.1) is 0 Å². The molecule has 1 aliphatic rings. The van der Waals surface area contributed by atoms with Crippen molar-refractivity contribution in [3.05, 3.63) is 87.3 Å². The van der Waals surface area contributed by atoms with E-state index < -0.39 is 0 Å². The summed E-state index contributed by atoms with van der Waals surface area (Å²) in [4.78, 5) is 0. The van der Waals surface area contributed by atoms with Crippen molar-refractivity contribution in [2.75, 3.05) is 0 Å². The van der Waals surface area contributed by atoms with Crippen molar-refractivity contribution < 1.29 is 12.4 Å². The molecule has 0 unspecified atom stereocenters. The number of rotatable bonds is 2. The van der Waals surface area contributed by atoms with Gasteiger partial charge in [0.1, 0.15) is 5.57 Å². The molecule has 2 aromatic carbocycles. The third-order valence-corrected chi connectivity index (χ3v) is 4.68. The maximum Gasteiger partial charge on any atom is 0.114 e. The minimum atomic E-state index is 0. The van der Waals surface area contributed by atoms with Crippen LogP contribution in [0.15, 0.2) is 36.4 Å². The number of allylic oxidation sites excluding steroid dienone is 4. The first-order chi connectivity index (χ1) is 10.9. The quantitative estimate of drug-likeness (QED) is 0.739. The second kappa shape index (κ2) is 6.91. The standard InChI is InChI=1S/C23H25.ClH/c1-14-9-16(3)22(17(4)10-14)20-7-8-21(13-20)23-18(5)11-15(2)12-19(23)6;/h7-13H,1-6H3;1H/q+1;/p-1. The number of benzene rings is 2. The summed E-state index contributed by atoms with van der Waals surface area (Å²) in [5.41, 5.74) is 13.5. The molecule has 0 amide bonds. The van der Waals surface area contributed by atoms with Gasteiger partial charge in [0.2, 0.25) is 0 Å². The first-order valence-electron chi connectivity index (χ1n) is 8.30. The second-order valence-corrected chi connectivity index (χ2v) is 6.94. The molecule has 3 rings (SSSR count). The van der Waals surface area contributed by atoms with Crippen molar-refractivity contribution in [2.24, 2.45) is 0 Å². The summed E-state index contributed by atoms with van der Waals surface area (Å²) < 4.78 is 0. The van der Waals surface area contributed by atoms with Crippen LogP contribution in [0.5, 0.6) is 0 Å². The average Bonchev–Trinajstić information content (AvgIpc) is 2.85. The van der Waals surface area contributed by atoms with Gasteiger partial charge in [-0.3, -0.25) is 0 Å². The first-order valence-corrected chi connectivity index (χ1v) is 8.30. The fourth-order valence-electron chi connectivity index (χ4n) is 4.03. The van der Waals surface area contributed by atoms with Gasteiger partial charge in [0.05, 0.1) is 17.2 Å². The van der Waals surface area contributed by atoms with E-state index >= 15 is 0 Å². The highest BCUT2D eigenvalue weighted by Gasteiger charge is 2.24. The molecule has 1 heteroatoms. The van der Waals surface area contributed by atoms with E-state index in [-0.39, 0.29) is 12.4 Å². The van der Waals surface area contributed by atoms with E-state index in [1.807, 2.05) is 0 Å². The Balaban J connectivity index is 0.00000208. The maximum atomic E-state index is 2.34. The number of halogens is 1. The first kappa shape index (κ1) is 18.4. The molecule has 0 atom stereocenters. The third-order valence-electron chi connectivity index (χ3n) is 4.68.